The zero-order valence-corrected chi connectivity index (χ0v) is 19.5. The van der Waals surface area contributed by atoms with Crippen molar-refractivity contribution in [3.63, 3.8) is 0 Å². The van der Waals surface area contributed by atoms with Gasteiger partial charge in [0.2, 0.25) is 9.84 Å². The lowest BCUT2D eigenvalue weighted by Crippen LogP contribution is -2.36. The molecule has 158 valence electrons. The molecular formula is C29H24O2S. The summed E-state index contributed by atoms with van der Waals surface area (Å²) >= 11 is 0. The number of hydrogen-bond donors (Lipinski definition) is 0. The first kappa shape index (κ1) is 19.5. The molecule has 0 aromatic heterocycles. The Hall–Kier alpha value is -3.17. The van der Waals surface area contributed by atoms with Gasteiger partial charge in [0, 0.05) is 0 Å². The highest BCUT2D eigenvalue weighted by molar-refractivity contribution is 7.91. The van der Waals surface area contributed by atoms with Crippen molar-refractivity contribution in [3.8, 4) is 11.1 Å². The molecule has 3 heteroatoms. The van der Waals surface area contributed by atoms with E-state index in [9.17, 15) is 8.42 Å². The van der Waals surface area contributed by atoms with Gasteiger partial charge in [0.25, 0.3) is 0 Å². The average Bonchev–Trinajstić information content (AvgIpc) is 3.03. The molecule has 32 heavy (non-hydrogen) atoms. The van der Waals surface area contributed by atoms with Gasteiger partial charge in [-0.2, -0.15) is 0 Å². The molecule has 1 aliphatic heterocycles. The zero-order valence-electron chi connectivity index (χ0n) is 18.7. The summed E-state index contributed by atoms with van der Waals surface area (Å²) in [6, 6.07) is 24.2. The molecule has 0 saturated heterocycles. The zero-order chi connectivity index (χ0) is 22.4. The quantitative estimate of drug-likeness (QED) is 0.275. The maximum absolute atomic E-state index is 13.7. The minimum absolute atomic E-state index is 0.411. The number of benzene rings is 4. The fraction of sp³-hybridized carbons (Fsp3) is 0.172. The summed E-state index contributed by atoms with van der Waals surface area (Å²) in [7, 11) is -3.61. The summed E-state index contributed by atoms with van der Waals surface area (Å²) in [6.45, 7) is 8.57. The molecule has 0 radical (unpaired) electrons. The van der Waals surface area contributed by atoms with Gasteiger partial charge < -0.3 is 0 Å². The van der Waals surface area contributed by atoms with Gasteiger partial charge in [0.15, 0.2) is 0 Å². The van der Waals surface area contributed by atoms with Crippen LogP contribution in [0.4, 0.5) is 0 Å². The highest BCUT2D eigenvalue weighted by Crippen LogP contribution is 2.61. The molecule has 1 spiro atoms. The van der Waals surface area contributed by atoms with Crippen LogP contribution in [0.15, 0.2) is 82.6 Å². The molecule has 4 aromatic carbocycles. The minimum Gasteiger partial charge on any atom is -0.218 e. The van der Waals surface area contributed by atoms with Crippen LogP contribution in [0.1, 0.15) is 44.5 Å². The molecule has 0 amide bonds. The van der Waals surface area contributed by atoms with Crippen molar-refractivity contribution < 1.29 is 8.42 Å². The number of sulfone groups is 1. The standard InChI is InChI=1S/C29H24O2S/c1-17-13-21-22-14-18(2)20(4)16-26(22)29(25(21)15-19(17)3)23-9-5-7-11-27(23)32(30,31)28-12-8-6-10-24(28)29/h5-16H,1-4H3. The van der Waals surface area contributed by atoms with Crippen LogP contribution in [0.2, 0.25) is 0 Å². The fourth-order valence-corrected chi connectivity index (χ4v) is 7.48. The van der Waals surface area contributed by atoms with Gasteiger partial charge in [-0.15, -0.1) is 0 Å². The fourth-order valence-electron chi connectivity index (χ4n) is 5.71. The first-order valence-corrected chi connectivity index (χ1v) is 12.4. The van der Waals surface area contributed by atoms with Crippen LogP contribution in [-0.4, -0.2) is 8.42 Å². The highest BCUT2D eigenvalue weighted by atomic mass is 32.2. The van der Waals surface area contributed by atoms with Crippen molar-refractivity contribution in [2.24, 2.45) is 0 Å². The van der Waals surface area contributed by atoms with Crippen LogP contribution in [0.5, 0.6) is 0 Å². The van der Waals surface area contributed by atoms with Crippen LogP contribution in [0.3, 0.4) is 0 Å². The number of fused-ring (bicyclic) bond motifs is 9. The van der Waals surface area contributed by atoms with Crippen molar-refractivity contribution in [1.29, 1.82) is 0 Å². The Morgan fingerprint density at radius 1 is 0.531 bits per heavy atom. The molecular weight excluding hydrogens is 412 g/mol. The normalized spacial score (nSPS) is 16.2. The topological polar surface area (TPSA) is 34.1 Å². The van der Waals surface area contributed by atoms with E-state index in [1.165, 1.54) is 44.5 Å². The van der Waals surface area contributed by atoms with Crippen LogP contribution < -0.4 is 0 Å². The van der Waals surface area contributed by atoms with E-state index in [1.54, 1.807) is 12.1 Å². The second-order valence-corrected chi connectivity index (χ2v) is 11.1. The molecule has 0 saturated carbocycles. The Morgan fingerprint density at radius 3 is 1.34 bits per heavy atom. The van der Waals surface area contributed by atoms with E-state index in [4.69, 9.17) is 0 Å². The second kappa shape index (κ2) is 6.20. The Labute approximate surface area is 189 Å². The van der Waals surface area contributed by atoms with E-state index in [0.717, 1.165) is 11.1 Å². The van der Waals surface area contributed by atoms with E-state index in [-0.39, 0.29) is 0 Å². The molecule has 2 aliphatic rings. The Morgan fingerprint density at radius 2 is 0.906 bits per heavy atom. The largest absolute Gasteiger partial charge is 0.218 e. The molecule has 1 aliphatic carbocycles. The van der Waals surface area contributed by atoms with E-state index in [0.29, 0.717) is 9.79 Å². The third-order valence-electron chi connectivity index (χ3n) is 7.53. The summed E-state index contributed by atoms with van der Waals surface area (Å²) in [5.74, 6) is 0. The van der Waals surface area contributed by atoms with Gasteiger partial charge in [0.1, 0.15) is 0 Å². The van der Waals surface area contributed by atoms with Gasteiger partial charge in [0.05, 0.1) is 15.2 Å². The predicted octanol–water partition coefficient (Wildman–Crippen LogP) is 6.43. The van der Waals surface area contributed by atoms with E-state index in [1.807, 2.05) is 36.4 Å². The van der Waals surface area contributed by atoms with Crippen molar-refractivity contribution >= 4 is 9.84 Å². The monoisotopic (exact) mass is 436 g/mol. The highest BCUT2D eigenvalue weighted by Gasteiger charge is 2.53. The summed E-state index contributed by atoms with van der Waals surface area (Å²) < 4.78 is 27.4. The third-order valence-corrected chi connectivity index (χ3v) is 9.40. The third kappa shape index (κ3) is 2.17. The number of rotatable bonds is 0. The van der Waals surface area contributed by atoms with E-state index >= 15 is 0 Å². The first-order chi connectivity index (χ1) is 15.3. The molecule has 0 N–H and O–H groups in total. The van der Waals surface area contributed by atoms with Crippen molar-refractivity contribution in [2.75, 3.05) is 0 Å². The molecule has 0 bridgehead atoms. The van der Waals surface area contributed by atoms with Crippen LogP contribution in [-0.2, 0) is 15.3 Å². The lowest BCUT2D eigenvalue weighted by Gasteiger charge is -2.39. The van der Waals surface area contributed by atoms with Crippen LogP contribution in [0.25, 0.3) is 11.1 Å². The van der Waals surface area contributed by atoms with Gasteiger partial charge in [-0.1, -0.05) is 60.7 Å². The van der Waals surface area contributed by atoms with Crippen molar-refractivity contribution in [1.82, 2.24) is 0 Å². The van der Waals surface area contributed by atoms with Crippen molar-refractivity contribution in [3.05, 3.63) is 117 Å². The molecule has 6 rings (SSSR count). The summed E-state index contributed by atoms with van der Waals surface area (Å²) in [5, 5.41) is 0. The molecule has 4 aromatic rings. The Bertz CT molecular complexity index is 1460. The minimum atomic E-state index is -3.61. The Balaban J connectivity index is 1.92. The lowest BCUT2D eigenvalue weighted by atomic mass is 9.67. The molecule has 0 atom stereocenters. The van der Waals surface area contributed by atoms with Crippen LogP contribution >= 0.6 is 0 Å². The van der Waals surface area contributed by atoms with E-state index in [2.05, 4.69) is 52.0 Å². The number of aryl methyl sites for hydroxylation is 4. The van der Waals surface area contributed by atoms with Gasteiger partial charge >= 0.3 is 0 Å². The predicted molar refractivity (Wildman–Crippen MR) is 128 cm³/mol. The first-order valence-electron chi connectivity index (χ1n) is 11.0. The van der Waals surface area contributed by atoms with Crippen LogP contribution in [0, 0.1) is 27.7 Å². The maximum Gasteiger partial charge on any atom is 0.207 e. The average molecular weight is 437 g/mol. The molecule has 1 heterocycles. The van der Waals surface area contributed by atoms with Gasteiger partial charge in [-0.05, 0) is 95.5 Å². The SMILES string of the molecule is Cc1cc2c(cc1C)C1(c3cc(C)c(C)cc3-2)c2ccccc2S(=O)(=O)c2ccccc21. The maximum atomic E-state index is 13.7. The molecule has 0 unspecified atom stereocenters. The van der Waals surface area contributed by atoms with Gasteiger partial charge in [-0.25, -0.2) is 8.42 Å². The summed E-state index contributed by atoms with van der Waals surface area (Å²) in [4.78, 5) is 0.822. The van der Waals surface area contributed by atoms with Gasteiger partial charge in [-0.3, -0.25) is 0 Å². The smallest absolute Gasteiger partial charge is 0.207 e. The second-order valence-electron chi connectivity index (χ2n) is 9.21. The molecule has 0 fully saturated rings. The Kier molecular flexibility index (Phi) is 3.78. The van der Waals surface area contributed by atoms with Crippen molar-refractivity contribution in [2.45, 2.75) is 42.9 Å². The lowest BCUT2D eigenvalue weighted by molar-refractivity contribution is 0.580. The molecule has 2 nitrogen and oxygen atoms in total. The van der Waals surface area contributed by atoms with E-state index < -0.39 is 15.3 Å². The summed E-state index contributed by atoms with van der Waals surface area (Å²) in [6.07, 6.45) is 0. The number of hydrogen-bond acceptors (Lipinski definition) is 2. The summed E-state index contributed by atoms with van der Waals surface area (Å²) in [5.41, 5.74) is 10.7.